The second-order valence-corrected chi connectivity index (χ2v) is 10.7. The number of furan rings is 1. The lowest BCUT2D eigenvalue weighted by Crippen LogP contribution is -2.50. The Morgan fingerprint density at radius 2 is 1.78 bits per heavy atom. The Morgan fingerprint density at radius 1 is 1.00 bits per heavy atom. The number of rotatable bonds is 1. The first-order valence-corrected chi connectivity index (χ1v) is 12.6. The van der Waals surface area contributed by atoms with E-state index in [1.54, 1.807) is 0 Å². The molecule has 0 radical (unpaired) electrons. The summed E-state index contributed by atoms with van der Waals surface area (Å²) in [6.45, 7) is 17.1. The summed E-state index contributed by atoms with van der Waals surface area (Å²) in [6, 6.07) is 17.2. The Balaban J connectivity index is 1.58. The molecule has 2 aromatic carbocycles. The maximum atomic E-state index is 6.39. The van der Waals surface area contributed by atoms with Crippen LogP contribution in [0.3, 0.4) is 0 Å². The van der Waals surface area contributed by atoms with Gasteiger partial charge in [0.1, 0.15) is 5.58 Å². The number of benzene rings is 2. The summed E-state index contributed by atoms with van der Waals surface area (Å²) in [5.74, 6) is 0. The normalized spacial score (nSPS) is 25.4. The zero-order chi connectivity index (χ0) is 25.2. The number of hydrogen-bond acceptors (Lipinski definition) is 4. The Bertz CT molecular complexity index is 1650. The van der Waals surface area contributed by atoms with E-state index in [1.807, 2.05) is 19.1 Å². The van der Waals surface area contributed by atoms with E-state index in [0.29, 0.717) is 12.1 Å². The molecule has 2 unspecified atom stereocenters. The number of nitrogens with zero attached hydrogens (tertiary/aromatic N) is 3. The zero-order valence-electron chi connectivity index (χ0n) is 21.5. The second-order valence-electron chi connectivity index (χ2n) is 10.7. The minimum Gasteiger partial charge on any atom is -0.437 e. The van der Waals surface area contributed by atoms with Crippen LogP contribution in [-0.4, -0.2) is 21.9 Å². The number of allylic oxidation sites excluding steroid dienone is 1. The average molecular weight is 474 g/mol. The molecule has 2 atom stereocenters. The van der Waals surface area contributed by atoms with Crippen molar-refractivity contribution < 1.29 is 4.42 Å². The van der Waals surface area contributed by atoms with Gasteiger partial charge in [0.15, 0.2) is 0 Å². The van der Waals surface area contributed by atoms with Crippen LogP contribution in [0, 0.1) is 6.92 Å². The third-order valence-corrected chi connectivity index (χ3v) is 8.41. The first kappa shape index (κ1) is 22.7. The van der Waals surface area contributed by atoms with Crippen LogP contribution in [0.5, 0.6) is 0 Å². The third-order valence-electron chi connectivity index (χ3n) is 8.41. The lowest BCUT2D eigenvalue weighted by molar-refractivity contribution is 0.235. The summed E-state index contributed by atoms with van der Waals surface area (Å²) in [5, 5.41) is 2.11. The maximum Gasteiger partial charge on any atom is 0.227 e. The van der Waals surface area contributed by atoms with Crippen molar-refractivity contribution in [3.8, 4) is 0 Å². The van der Waals surface area contributed by atoms with Crippen LogP contribution in [-0.2, 0) is 11.8 Å². The van der Waals surface area contributed by atoms with Crippen molar-refractivity contribution in [2.45, 2.75) is 57.9 Å². The van der Waals surface area contributed by atoms with E-state index < -0.39 is 5.54 Å². The summed E-state index contributed by atoms with van der Waals surface area (Å²) in [7, 11) is 0. The molecule has 2 aliphatic rings. The molecule has 2 aliphatic heterocycles. The fourth-order valence-corrected chi connectivity index (χ4v) is 6.29. The molecule has 0 amide bonds. The van der Waals surface area contributed by atoms with Gasteiger partial charge in [-0.05, 0) is 62.9 Å². The smallest absolute Gasteiger partial charge is 0.227 e. The summed E-state index contributed by atoms with van der Waals surface area (Å²) in [5.41, 5.74) is 9.35. The molecule has 0 fully saturated rings. The first-order chi connectivity index (χ1) is 17.2. The molecule has 2 aromatic heterocycles. The predicted octanol–water partition coefficient (Wildman–Crippen LogP) is 7.65. The molecule has 0 N–H and O–H groups in total. The molecular formula is C32H31N3O. The van der Waals surface area contributed by atoms with Crippen LogP contribution in [0.25, 0.3) is 22.1 Å². The van der Waals surface area contributed by atoms with Crippen LogP contribution in [0.4, 0.5) is 0 Å². The van der Waals surface area contributed by atoms with Gasteiger partial charge in [-0.3, -0.25) is 9.98 Å². The number of fused-ring (bicyclic) bond motifs is 8. The predicted molar refractivity (Wildman–Crippen MR) is 149 cm³/mol. The molecule has 0 aliphatic carbocycles. The van der Waals surface area contributed by atoms with Crippen molar-refractivity contribution >= 4 is 33.5 Å². The minimum absolute atomic E-state index is 0.210. The maximum absolute atomic E-state index is 6.39. The Kier molecular flexibility index (Phi) is 4.95. The molecule has 4 aromatic rings. The average Bonchev–Trinajstić information content (AvgIpc) is 3.21. The Labute approximate surface area is 212 Å². The van der Waals surface area contributed by atoms with Crippen LogP contribution < -0.4 is 0 Å². The molecule has 6 rings (SSSR count). The molecule has 180 valence electrons. The van der Waals surface area contributed by atoms with E-state index in [0.717, 1.165) is 57.6 Å². The van der Waals surface area contributed by atoms with Gasteiger partial charge in [-0.15, -0.1) is 0 Å². The van der Waals surface area contributed by atoms with E-state index in [2.05, 4.69) is 81.4 Å². The zero-order valence-corrected chi connectivity index (χ0v) is 21.5. The number of pyridine rings is 1. The van der Waals surface area contributed by atoms with Gasteiger partial charge in [-0.2, -0.15) is 0 Å². The quantitative estimate of drug-likeness (QED) is 0.285. The summed E-state index contributed by atoms with van der Waals surface area (Å²) in [6.07, 6.45) is 4.36. The van der Waals surface area contributed by atoms with Gasteiger partial charge in [-0.1, -0.05) is 56.5 Å². The molecule has 0 bridgehead atoms. The standard InChI is InChI=1S/C32H31N3O/c1-7-27-25-10-8-9-11-26(25)31(5)17-16-22-13-15-23-24-14-12-19(2)34-30(24)36-29(23)28(22)21(4)33-20(3)18-32(31,6)35-27/h7-15H,1,3,16-18H2,2,4-6H3/b33-21-. The Hall–Kier alpha value is -3.79. The van der Waals surface area contributed by atoms with Gasteiger partial charge >= 0.3 is 0 Å². The monoisotopic (exact) mass is 473 g/mol. The van der Waals surface area contributed by atoms with Crippen molar-refractivity contribution in [3.63, 3.8) is 0 Å². The van der Waals surface area contributed by atoms with E-state index in [4.69, 9.17) is 14.4 Å². The fourth-order valence-electron chi connectivity index (χ4n) is 6.29. The highest BCUT2D eigenvalue weighted by atomic mass is 16.3. The molecular weight excluding hydrogens is 442 g/mol. The van der Waals surface area contributed by atoms with Gasteiger partial charge in [-0.25, -0.2) is 4.98 Å². The van der Waals surface area contributed by atoms with E-state index in [9.17, 15) is 0 Å². The van der Waals surface area contributed by atoms with Gasteiger partial charge < -0.3 is 4.42 Å². The number of aromatic nitrogens is 1. The van der Waals surface area contributed by atoms with Gasteiger partial charge in [0, 0.05) is 50.8 Å². The topological polar surface area (TPSA) is 50.8 Å². The molecule has 4 nitrogen and oxygen atoms in total. The lowest BCUT2D eigenvalue weighted by Gasteiger charge is -2.49. The largest absolute Gasteiger partial charge is 0.437 e. The molecule has 0 saturated heterocycles. The lowest BCUT2D eigenvalue weighted by atomic mass is 9.60. The SMILES string of the molecule is C=CC1=NC2(C)CC(=C)/N=C(/C)c3c(ccc4c3oc3nc(C)ccc34)CCC2(C)c2ccccc21. The first-order valence-electron chi connectivity index (χ1n) is 12.6. The summed E-state index contributed by atoms with van der Waals surface area (Å²) in [4.78, 5) is 15.0. The van der Waals surface area contributed by atoms with Gasteiger partial charge in [0.05, 0.1) is 11.3 Å². The second kappa shape index (κ2) is 7.86. The molecule has 4 heteroatoms. The molecule has 36 heavy (non-hydrogen) atoms. The van der Waals surface area contributed by atoms with Crippen molar-refractivity contribution in [1.29, 1.82) is 0 Å². The van der Waals surface area contributed by atoms with Crippen molar-refractivity contribution in [2.24, 2.45) is 9.98 Å². The highest BCUT2D eigenvalue weighted by Crippen LogP contribution is 2.50. The van der Waals surface area contributed by atoms with Crippen LogP contribution in [0.1, 0.15) is 61.6 Å². The number of hydrogen-bond donors (Lipinski definition) is 0. The summed E-state index contributed by atoms with van der Waals surface area (Å²) < 4.78 is 6.39. The van der Waals surface area contributed by atoms with E-state index >= 15 is 0 Å². The number of aryl methyl sites for hydroxylation is 2. The van der Waals surface area contributed by atoms with Gasteiger partial charge in [0.25, 0.3) is 0 Å². The van der Waals surface area contributed by atoms with Crippen LogP contribution in [0.2, 0.25) is 0 Å². The Morgan fingerprint density at radius 3 is 2.58 bits per heavy atom. The minimum atomic E-state index is -0.395. The van der Waals surface area contributed by atoms with Gasteiger partial charge in [0.2, 0.25) is 5.71 Å². The van der Waals surface area contributed by atoms with Crippen LogP contribution in [0.15, 0.2) is 87.9 Å². The van der Waals surface area contributed by atoms with E-state index in [-0.39, 0.29) is 5.41 Å². The van der Waals surface area contributed by atoms with E-state index in [1.165, 1.54) is 16.7 Å². The fraction of sp³-hybridized carbons (Fsp3) is 0.281. The molecule has 4 heterocycles. The van der Waals surface area contributed by atoms with Crippen molar-refractivity contribution in [3.05, 3.63) is 101 Å². The van der Waals surface area contributed by atoms with Crippen LogP contribution >= 0.6 is 0 Å². The van der Waals surface area contributed by atoms with Crippen molar-refractivity contribution in [2.75, 3.05) is 0 Å². The number of aliphatic imine (C=N–C) groups is 2. The molecule has 0 saturated carbocycles. The molecule has 0 spiro atoms. The highest BCUT2D eigenvalue weighted by Gasteiger charge is 2.49. The highest BCUT2D eigenvalue weighted by molar-refractivity contribution is 6.15. The summed E-state index contributed by atoms with van der Waals surface area (Å²) >= 11 is 0. The van der Waals surface area contributed by atoms with Crippen molar-refractivity contribution in [1.82, 2.24) is 4.98 Å². The third kappa shape index (κ3) is 3.17.